The Morgan fingerprint density at radius 3 is 2.82 bits per heavy atom. The first-order valence-electron chi connectivity index (χ1n) is 3.32. The normalized spacial score (nSPS) is 24.1. The van der Waals surface area contributed by atoms with Crippen LogP contribution in [-0.2, 0) is 4.79 Å². The zero-order chi connectivity index (χ0) is 8.43. The lowest BCUT2D eigenvalue weighted by atomic mass is 10.0. The minimum absolute atomic E-state index is 0.00273. The van der Waals surface area contributed by atoms with Crippen LogP contribution in [0.25, 0.3) is 0 Å². The van der Waals surface area contributed by atoms with Gasteiger partial charge >= 0.3 is 0 Å². The van der Waals surface area contributed by atoms with Crippen molar-refractivity contribution in [1.29, 1.82) is 0 Å². The summed E-state index contributed by atoms with van der Waals surface area (Å²) in [6.45, 7) is 1.30. The number of hydrogen-bond donors (Lipinski definition) is 0. The molecule has 1 rings (SSSR count). The molecule has 0 N–H and O–H groups in total. The van der Waals surface area contributed by atoms with Crippen LogP contribution < -0.4 is 0 Å². The molecule has 0 heterocycles. The monoisotopic (exact) mass is 158 g/mol. The largest absolute Gasteiger partial charge is 0.295 e. The van der Waals surface area contributed by atoms with Crippen molar-refractivity contribution in [2.45, 2.75) is 19.5 Å². The van der Waals surface area contributed by atoms with E-state index in [2.05, 4.69) is 0 Å². The second-order valence-electron chi connectivity index (χ2n) is 2.50. The molecule has 3 heteroatoms. The first kappa shape index (κ1) is 8.11. The Labute approximate surface area is 63.4 Å². The molecule has 1 atom stereocenters. The predicted octanol–water partition coefficient (Wildman–Crippen LogP) is 2.10. The van der Waals surface area contributed by atoms with Gasteiger partial charge in [-0.25, -0.2) is 8.78 Å². The first-order valence-corrected chi connectivity index (χ1v) is 3.32. The summed E-state index contributed by atoms with van der Waals surface area (Å²) in [4.78, 5) is 10.7. The molecule has 0 bridgehead atoms. The third-order valence-electron chi connectivity index (χ3n) is 1.52. The van der Waals surface area contributed by atoms with Crippen molar-refractivity contribution in [3.8, 4) is 0 Å². The van der Waals surface area contributed by atoms with Crippen LogP contribution in [0.15, 0.2) is 23.6 Å². The van der Waals surface area contributed by atoms with Gasteiger partial charge in [-0.3, -0.25) is 4.79 Å². The maximum absolute atomic E-state index is 12.5. The molecule has 0 radical (unpaired) electrons. The molecule has 0 aromatic carbocycles. The van der Waals surface area contributed by atoms with Crippen LogP contribution in [-0.4, -0.2) is 12.0 Å². The molecule has 0 spiro atoms. The van der Waals surface area contributed by atoms with Gasteiger partial charge in [-0.15, -0.1) is 0 Å². The minimum atomic E-state index is -1.35. The Morgan fingerprint density at radius 1 is 1.73 bits per heavy atom. The van der Waals surface area contributed by atoms with Crippen LogP contribution in [0.3, 0.4) is 0 Å². The van der Waals surface area contributed by atoms with Crippen LogP contribution in [0.4, 0.5) is 8.78 Å². The van der Waals surface area contributed by atoms with Crippen molar-refractivity contribution in [2.75, 3.05) is 0 Å². The molecule has 0 saturated carbocycles. The number of alkyl halides is 1. The van der Waals surface area contributed by atoms with Gasteiger partial charge in [-0.1, -0.05) is 0 Å². The number of allylic oxidation sites excluding steroid dienone is 4. The Morgan fingerprint density at radius 2 is 2.36 bits per heavy atom. The Bertz CT molecular complexity index is 240. The van der Waals surface area contributed by atoms with Gasteiger partial charge in [0.2, 0.25) is 0 Å². The maximum Gasteiger partial charge on any atom is 0.156 e. The van der Waals surface area contributed by atoms with E-state index in [9.17, 15) is 13.6 Å². The zero-order valence-electron chi connectivity index (χ0n) is 6.10. The van der Waals surface area contributed by atoms with E-state index >= 15 is 0 Å². The van der Waals surface area contributed by atoms with Gasteiger partial charge < -0.3 is 0 Å². The third-order valence-corrected chi connectivity index (χ3v) is 1.52. The second-order valence-corrected chi connectivity index (χ2v) is 2.50. The van der Waals surface area contributed by atoms with E-state index in [1.54, 1.807) is 0 Å². The molecule has 1 aliphatic carbocycles. The lowest BCUT2D eigenvalue weighted by Gasteiger charge is -2.09. The zero-order valence-corrected chi connectivity index (χ0v) is 6.10. The average Bonchev–Trinajstić information content (AvgIpc) is 1.85. The van der Waals surface area contributed by atoms with Crippen molar-refractivity contribution in [3.63, 3.8) is 0 Å². The van der Waals surface area contributed by atoms with Gasteiger partial charge in [0.15, 0.2) is 5.78 Å². The van der Waals surface area contributed by atoms with E-state index in [4.69, 9.17) is 0 Å². The summed E-state index contributed by atoms with van der Waals surface area (Å²) < 4.78 is 25.0. The van der Waals surface area contributed by atoms with E-state index in [1.165, 1.54) is 6.92 Å². The number of carbonyl (C=O) groups excluding carboxylic acids is 1. The highest BCUT2D eigenvalue weighted by molar-refractivity contribution is 5.94. The number of ketones is 1. The summed E-state index contributed by atoms with van der Waals surface area (Å²) in [6.07, 6.45) is 0.604. The topological polar surface area (TPSA) is 17.1 Å². The van der Waals surface area contributed by atoms with Crippen LogP contribution in [0, 0.1) is 0 Å². The van der Waals surface area contributed by atoms with Crippen molar-refractivity contribution < 1.29 is 13.6 Å². The van der Waals surface area contributed by atoms with Gasteiger partial charge in [0.1, 0.15) is 12.0 Å². The van der Waals surface area contributed by atoms with E-state index in [0.29, 0.717) is 0 Å². The smallest absolute Gasteiger partial charge is 0.156 e. The van der Waals surface area contributed by atoms with Gasteiger partial charge in [-0.2, -0.15) is 0 Å². The van der Waals surface area contributed by atoms with Gasteiger partial charge in [0, 0.05) is 12.0 Å². The van der Waals surface area contributed by atoms with E-state index in [1.807, 2.05) is 0 Å². The highest BCUT2D eigenvalue weighted by Gasteiger charge is 2.16. The third kappa shape index (κ3) is 1.97. The highest BCUT2D eigenvalue weighted by Crippen LogP contribution is 2.21. The van der Waals surface area contributed by atoms with E-state index in [-0.39, 0.29) is 17.8 Å². The summed E-state index contributed by atoms with van der Waals surface area (Å²) in [6, 6.07) is 0. The van der Waals surface area contributed by atoms with E-state index < -0.39 is 12.0 Å². The fourth-order valence-corrected chi connectivity index (χ4v) is 0.961. The SMILES string of the molecule is CC(=O)C1=CC(F)=CC(F)C1. The lowest BCUT2D eigenvalue weighted by Crippen LogP contribution is -2.08. The molecule has 0 fully saturated rings. The fourth-order valence-electron chi connectivity index (χ4n) is 0.961. The molecule has 0 aromatic heterocycles. The first-order chi connectivity index (χ1) is 5.09. The van der Waals surface area contributed by atoms with Crippen LogP contribution in [0.2, 0.25) is 0 Å². The Balaban J connectivity index is 2.84. The number of carbonyl (C=O) groups is 1. The Hall–Kier alpha value is -0.990. The van der Waals surface area contributed by atoms with Crippen molar-refractivity contribution >= 4 is 5.78 Å². The Kier molecular flexibility index (Phi) is 2.17. The number of rotatable bonds is 1. The fraction of sp³-hybridized carbons (Fsp3) is 0.375. The van der Waals surface area contributed by atoms with Crippen LogP contribution in [0.1, 0.15) is 13.3 Å². The number of hydrogen-bond acceptors (Lipinski definition) is 1. The van der Waals surface area contributed by atoms with Crippen molar-refractivity contribution in [1.82, 2.24) is 0 Å². The van der Waals surface area contributed by atoms with Gasteiger partial charge in [0.05, 0.1) is 0 Å². The molecule has 1 aliphatic rings. The summed E-state index contributed by atoms with van der Waals surface area (Å²) >= 11 is 0. The molecule has 0 aliphatic heterocycles. The summed E-state index contributed by atoms with van der Waals surface area (Å²) in [5, 5.41) is 0. The number of halogens is 2. The summed E-state index contributed by atoms with van der Waals surface area (Å²) in [5.74, 6) is -0.926. The highest BCUT2D eigenvalue weighted by atomic mass is 19.1. The van der Waals surface area contributed by atoms with Crippen molar-refractivity contribution in [2.24, 2.45) is 0 Å². The molecule has 0 saturated heterocycles. The second kappa shape index (κ2) is 2.95. The predicted molar refractivity (Wildman–Crippen MR) is 37.5 cm³/mol. The summed E-state index contributed by atoms with van der Waals surface area (Å²) in [5.41, 5.74) is 0.220. The van der Waals surface area contributed by atoms with Gasteiger partial charge in [-0.05, 0) is 19.1 Å². The molecule has 1 nitrogen and oxygen atoms in total. The minimum Gasteiger partial charge on any atom is -0.295 e. The molecule has 0 amide bonds. The van der Waals surface area contributed by atoms with Gasteiger partial charge in [0.25, 0.3) is 0 Å². The quantitative estimate of drug-likeness (QED) is 0.571. The number of Topliss-reactive ketones (excluding diaryl/α,β-unsaturated/α-hetero) is 1. The van der Waals surface area contributed by atoms with E-state index in [0.717, 1.165) is 12.2 Å². The molecule has 1 unspecified atom stereocenters. The van der Waals surface area contributed by atoms with Crippen LogP contribution in [0.5, 0.6) is 0 Å². The standard InChI is InChI=1S/C8H8F2O/c1-5(11)6-2-7(9)4-8(10)3-6/h2,4,8H,3H2,1H3. The molecule has 60 valence electrons. The lowest BCUT2D eigenvalue weighted by molar-refractivity contribution is -0.113. The molecular weight excluding hydrogens is 150 g/mol. The van der Waals surface area contributed by atoms with Crippen LogP contribution >= 0.6 is 0 Å². The molecule has 0 aromatic rings. The summed E-state index contributed by atoms with van der Waals surface area (Å²) in [7, 11) is 0. The molecular formula is C8H8F2O. The van der Waals surface area contributed by atoms with Crippen molar-refractivity contribution in [3.05, 3.63) is 23.6 Å². The molecule has 11 heavy (non-hydrogen) atoms. The maximum atomic E-state index is 12.5. The average molecular weight is 158 g/mol.